The van der Waals surface area contributed by atoms with Crippen LogP contribution in [0.25, 0.3) is 0 Å². The summed E-state index contributed by atoms with van der Waals surface area (Å²) >= 11 is 12.7. The predicted molar refractivity (Wildman–Crippen MR) is 151 cm³/mol. The van der Waals surface area contributed by atoms with E-state index in [0.717, 1.165) is 0 Å². The number of nitrogens with zero attached hydrogens (tertiary/aromatic N) is 1. The van der Waals surface area contributed by atoms with Crippen molar-refractivity contribution in [3.05, 3.63) is 94.0 Å². The highest BCUT2D eigenvalue weighted by molar-refractivity contribution is 7.91. The highest BCUT2D eigenvalue weighted by Gasteiger charge is 2.54. The average Bonchev–Trinajstić information content (AvgIpc) is 3.34. The maximum atomic E-state index is 13.6. The molecule has 40 heavy (non-hydrogen) atoms. The highest BCUT2D eigenvalue weighted by Crippen LogP contribution is 2.45. The number of hydroxylamine groups is 1. The van der Waals surface area contributed by atoms with E-state index in [0.29, 0.717) is 34.9 Å². The Morgan fingerprint density at radius 3 is 2.48 bits per heavy atom. The lowest BCUT2D eigenvalue weighted by atomic mass is 9.85. The molecule has 1 amide bonds. The van der Waals surface area contributed by atoms with Crippen molar-refractivity contribution in [1.82, 2.24) is 5.48 Å². The van der Waals surface area contributed by atoms with Crippen molar-refractivity contribution in [1.29, 1.82) is 0 Å². The Hall–Kier alpha value is -3.15. The molecule has 0 saturated carbocycles. The molecule has 4 rings (SSSR count). The zero-order valence-corrected chi connectivity index (χ0v) is 23.9. The number of rotatable bonds is 12. The van der Waals surface area contributed by atoms with Gasteiger partial charge in [0.05, 0.1) is 24.4 Å². The zero-order chi connectivity index (χ0) is 28.8. The Morgan fingerprint density at radius 1 is 1.10 bits per heavy atom. The molecule has 2 N–H and O–H groups in total. The Kier molecular flexibility index (Phi) is 9.70. The van der Waals surface area contributed by atoms with Gasteiger partial charge in [-0.2, -0.15) is 0 Å². The largest absolute Gasteiger partial charge is 0.494 e. The molecule has 3 aromatic carbocycles. The van der Waals surface area contributed by atoms with Crippen molar-refractivity contribution >= 4 is 44.8 Å². The molecule has 0 aromatic heterocycles. The molecule has 1 aliphatic heterocycles. The second-order valence-electron chi connectivity index (χ2n) is 8.97. The highest BCUT2D eigenvalue weighted by atomic mass is 35.5. The quantitative estimate of drug-likeness (QED) is 0.229. The van der Waals surface area contributed by atoms with E-state index < -0.39 is 33.1 Å². The van der Waals surface area contributed by atoms with Crippen molar-refractivity contribution in [3.8, 4) is 5.75 Å². The van der Waals surface area contributed by atoms with Gasteiger partial charge in [-0.05, 0) is 48.5 Å². The number of hydrogen-bond donors (Lipinski definition) is 2. The van der Waals surface area contributed by atoms with E-state index in [1.54, 1.807) is 54.6 Å². The third kappa shape index (κ3) is 6.59. The summed E-state index contributed by atoms with van der Waals surface area (Å²) in [6.45, 7) is 0.365. The molecule has 12 heteroatoms. The summed E-state index contributed by atoms with van der Waals surface area (Å²) < 4.78 is 38.4. The number of hydrogen-bond acceptors (Lipinski definition) is 8. The molecule has 0 spiro atoms. The number of halogens is 2. The second kappa shape index (κ2) is 13.0. The number of sulfone groups is 1. The van der Waals surface area contributed by atoms with Crippen LogP contribution in [0.1, 0.15) is 30.1 Å². The van der Waals surface area contributed by atoms with E-state index in [1.165, 1.54) is 25.3 Å². The standard InChI is InChI=1S/C28H28Cl2N2O7S/c1-37-32-27(34)28(14-17-40(35,36)22-6-3-2-4-7-22)25(23-13-10-20(29)18-24(23)30)39-26(31-28)19-8-11-21(12-9-19)38-16-5-15-33/h2-4,6-13,18,25,33H,5,14-17H2,1H3,(H,32,34)/t25-,28-/m0/s1. The normalized spacial score (nSPS) is 18.6. The number of carbonyl (C=O) groups is 1. The van der Waals surface area contributed by atoms with Crippen LogP contribution in [0.3, 0.4) is 0 Å². The molecule has 0 unspecified atom stereocenters. The maximum absolute atomic E-state index is 13.6. The minimum atomic E-state index is -3.79. The zero-order valence-electron chi connectivity index (χ0n) is 21.5. The van der Waals surface area contributed by atoms with E-state index in [2.05, 4.69) is 5.48 Å². The van der Waals surface area contributed by atoms with Crippen LogP contribution in [0.5, 0.6) is 5.75 Å². The van der Waals surface area contributed by atoms with Gasteiger partial charge in [0.15, 0.2) is 21.5 Å². The monoisotopic (exact) mass is 606 g/mol. The molecule has 0 radical (unpaired) electrons. The SMILES string of the molecule is CONC(=O)[C@@]1(CCS(=O)(=O)c2ccccc2)N=C(c2ccc(OCCCO)cc2)O[C@H]1c1ccc(Cl)cc1Cl. The first kappa shape index (κ1) is 29.8. The van der Waals surface area contributed by atoms with Crippen molar-refractivity contribution < 1.29 is 32.6 Å². The average molecular weight is 608 g/mol. The van der Waals surface area contributed by atoms with Crippen LogP contribution >= 0.6 is 23.2 Å². The number of carbonyl (C=O) groups excluding carboxylic acids is 1. The van der Waals surface area contributed by atoms with E-state index in [4.69, 9.17) is 47.6 Å². The van der Waals surface area contributed by atoms with E-state index in [9.17, 15) is 13.2 Å². The topological polar surface area (TPSA) is 124 Å². The summed E-state index contributed by atoms with van der Waals surface area (Å²) in [7, 11) is -2.52. The molecule has 0 saturated heterocycles. The number of aliphatic hydroxyl groups excluding tert-OH is 1. The molecule has 9 nitrogen and oxygen atoms in total. The molecular weight excluding hydrogens is 579 g/mol. The molecule has 0 fully saturated rings. The molecular formula is C28H28Cl2N2O7S. The lowest BCUT2D eigenvalue weighted by Gasteiger charge is -2.30. The third-order valence-corrected chi connectivity index (χ3v) is 8.62. The number of aliphatic hydroxyl groups is 1. The van der Waals surface area contributed by atoms with Gasteiger partial charge in [0.25, 0.3) is 5.91 Å². The minimum Gasteiger partial charge on any atom is -0.494 e. The Bertz CT molecular complexity index is 1470. The van der Waals surface area contributed by atoms with Gasteiger partial charge in [-0.15, -0.1) is 0 Å². The van der Waals surface area contributed by atoms with E-state index >= 15 is 0 Å². The lowest BCUT2D eigenvalue weighted by Crippen LogP contribution is -2.49. The first-order chi connectivity index (χ1) is 19.2. The fourth-order valence-corrected chi connectivity index (χ4v) is 6.17. The maximum Gasteiger partial charge on any atom is 0.275 e. The van der Waals surface area contributed by atoms with Crippen LogP contribution in [0.15, 0.2) is 82.7 Å². The van der Waals surface area contributed by atoms with Crippen molar-refractivity contribution in [2.45, 2.75) is 29.4 Å². The number of amides is 1. The molecule has 212 valence electrons. The summed E-state index contributed by atoms with van der Waals surface area (Å²) in [6, 6.07) is 19.5. The van der Waals surface area contributed by atoms with Gasteiger partial charge in [-0.3, -0.25) is 9.63 Å². The van der Waals surface area contributed by atoms with Gasteiger partial charge >= 0.3 is 0 Å². The van der Waals surface area contributed by atoms with Crippen molar-refractivity contribution in [3.63, 3.8) is 0 Å². The van der Waals surface area contributed by atoms with Crippen LogP contribution < -0.4 is 10.2 Å². The summed E-state index contributed by atoms with van der Waals surface area (Å²) in [5.41, 5.74) is 1.48. The van der Waals surface area contributed by atoms with E-state index in [-0.39, 0.29) is 28.8 Å². The number of nitrogens with one attached hydrogen (secondary N) is 1. The third-order valence-electron chi connectivity index (χ3n) is 6.32. The van der Waals surface area contributed by atoms with Gasteiger partial charge in [-0.25, -0.2) is 18.9 Å². The van der Waals surface area contributed by atoms with Gasteiger partial charge in [0.2, 0.25) is 5.90 Å². The van der Waals surface area contributed by atoms with Crippen LogP contribution in [0.4, 0.5) is 0 Å². The molecule has 1 heterocycles. The molecule has 3 aromatic rings. The minimum absolute atomic E-state index is 0.0169. The number of benzene rings is 3. The summed E-state index contributed by atoms with van der Waals surface area (Å²) in [5, 5.41) is 9.57. The first-order valence-corrected chi connectivity index (χ1v) is 14.8. The Morgan fingerprint density at radius 2 is 1.82 bits per heavy atom. The lowest BCUT2D eigenvalue weighted by molar-refractivity contribution is -0.139. The Balaban J connectivity index is 1.77. The summed E-state index contributed by atoms with van der Waals surface area (Å²) in [4.78, 5) is 23.4. The number of aliphatic imine (C=N–C) groups is 1. The fraction of sp³-hybridized carbons (Fsp3) is 0.286. The number of ether oxygens (including phenoxy) is 2. The second-order valence-corrected chi connectivity index (χ2v) is 11.9. The molecule has 0 bridgehead atoms. The van der Waals surface area contributed by atoms with Crippen LogP contribution in [0, 0.1) is 0 Å². The predicted octanol–water partition coefficient (Wildman–Crippen LogP) is 4.55. The molecule has 2 atom stereocenters. The fourth-order valence-electron chi connectivity index (χ4n) is 4.28. The van der Waals surface area contributed by atoms with Crippen molar-refractivity contribution in [2.24, 2.45) is 4.99 Å². The smallest absolute Gasteiger partial charge is 0.275 e. The van der Waals surface area contributed by atoms with Crippen LogP contribution in [-0.4, -0.2) is 56.9 Å². The van der Waals surface area contributed by atoms with E-state index in [1.807, 2.05) is 0 Å². The van der Waals surface area contributed by atoms with Gasteiger partial charge in [0.1, 0.15) is 5.75 Å². The molecule has 1 aliphatic rings. The van der Waals surface area contributed by atoms with Crippen molar-refractivity contribution in [2.75, 3.05) is 26.1 Å². The Labute approximate surface area is 242 Å². The first-order valence-electron chi connectivity index (χ1n) is 12.4. The summed E-state index contributed by atoms with van der Waals surface area (Å²) in [6.07, 6.45) is -0.854. The van der Waals surface area contributed by atoms with Gasteiger partial charge < -0.3 is 14.6 Å². The van der Waals surface area contributed by atoms with Crippen LogP contribution in [0.2, 0.25) is 10.0 Å². The van der Waals surface area contributed by atoms with Gasteiger partial charge in [-0.1, -0.05) is 47.5 Å². The summed E-state index contributed by atoms with van der Waals surface area (Å²) in [5.74, 6) is -0.423. The van der Waals surface area contributed by atoms with Gasteiger partial charge in [0, 0.05) is 40.6 Å². The van der Waals surface area contributed by atoms with Crippen LogP contribution in [-0.2, 0) is 24.2 Å². The molecule has 0 aliphatic carbocycles.